The Morgan fingerprint density at radius 2 is 1.75 bits per heavy atom. The fourth-order valence-electron chi connectivity index (χ4n) is 4.76. The molecule has 0 aromatic carbocycles. The van der Waals surface area contributed by atoms with Gasteiger partial charge in [-0.25, -0.2) is 4.79 Å². The number of carbonyl (C=O) groups excluding carboxylic acids is 2. The second-order valence-corrected chi connectivity index (χ2v) is 8.28. The second-order valence-electron chi connectivity index (χ2n) is 8.28. The van der Waals surface area contributed by atoms with Crippen molar-refractivity contribution < 1.29 is 14.0 Å². The number of furan rings is 1. The highest BCUT2D eigenvalue weighted by molar-refractivity contribution is 5.81. The van der Waals surface area contributed by atoms with E-state index in [9.17, 15) is 9.59 Å². The summed E-state index contributed by atoms with van der Waals surface area (Å²) in [6.45, 7) is 5.66. The summed E-state index contributed by atoms with van der Waals surface area (Å²) in [5.74, 6) is 0.863. The molecule has 3 aliphatic heterocycles. The Kier molecular flexibility index (Phi) is 6.20. The molecule has 1 N–H and O–H groups in total. The van der Waals surface area contributed by atoms with Crippen LogP contribution < -0.4 is 5.32 Å². The highest BCUT2D eigenvalue weighted by Crippen LogP contribution is 2.25. The van der Waals surface area contributed by atoms with Crippen molar-refractivity contribution in [3.63, 3.8) is 0 Å². The quantitative estimate of drug-likeness (QED) is 0.841. The van der Waals surface area contributed by atoms with Gasteiger partial charge in [-0.3, -0.25) is 9.69 Å². The van der Waals surface area contributed by atoms with Crippen LogP contribution in [0.5, 0.6) is 0 Å². The fraction of sp³-hybridized carbons (Fsp3) is 0.714. The molecule has 1 aromatic rings. The predicted molar refractivity (Wildman–Crippen MR) is 106 cm³/mol. The zero-order valence-electron chi connectivity index (χ0n) is 16.6. The van der Waals surface area contributed by atoms with Gasteiger partial charge in [0.15, 0.2) is 0 Å². The highest BCUT2D eigenvalue weighted by atomic mass is 16.3. The van der Waals surface area contributed by atoms with Crippen LogP contribution >= 0.6 is 0 Å². The van der Waals surface area contributed by atoms with Crippen LogP contribution in [0, 0.1) is 5.92 Å². The first-order valence-corrected chi connectivity index (χ1v) is 10.8. The molecule has 3 fully saturated rings. The molecular weight excluding hydrogens is 356 g/mol. The van der Waals surface area contributed by atoms with E-state index in [0.717, 1.165) is 64.2 Å². The van der Waals surface area contributed by atoms with Crippen molar-refractivity contribution in [2.24, 2.45) is 5.92 Å². The van der Waals surface area contributed by atoms with Crippen molar-refractivity contribution in [1.82, 2.24) is 20.0 Å². The standard InChI is InChI=1S/C21H32N4O3/c26-20(17-7-5-13-25(16-17)21(27)24-11-3-4-12-24)22-15-18(19-8-6-14-28-19)23-9-1-2-10-23/h6,8,14,17-18H,1-5,7,9-13,15-16H2,(H,22,26)/t17-,18-/m0/s1. The lowest BCUT2D eigenvalue weighted by atomic mass is 9.97. The largest absolute Gasteiger partial charge is 0.468 e. The van der Waals surface area contributed by atoms with Crippen LogP contribution in [-0.2, 0) is 4.79 Å². The third-order valence-electron chi connectivity index (χ3n) is 6.36. The van der Waals surface area contributed by atoms with Gasteiger partial charge in [0, 0.05) is 32.7 Å². The molecule has 3 saturated heterocycles. The Hall–Kier alpha value is -2.02. The van der Waals surface area contributed by atoms with Gasteiger partial charge >= 0.3 is 6.03 Å². The maximum Gasteiger partial charge on any atom is 0.320 e. The maximum atomic E-state index is 12.9. The first-order chi connectivity index (χ1) is 13.7. The monoisotopic (exact) mass is 388 g/mol. The van der Waals surface area contributed by atoms with Crippen LogP contribution in [0.2, 0.25) is 0 Å². The van der Waals surface area contributed by atoms with Gasteiger partial charge < -0.3 is 19.5 Å². The average molecular weight is 389 g/mol. The number of carbonyl (C=O) groups is 2. The molecule has 0 aliphatic carbocycles. The number of piperidine rings is 1. The third kappa shape index (κ3) is 4.35. The summed E-state index contributed by atoms with van der Waals surface area (Å²) in [4.78, 5) is 31.7. The van der Waals surface area contributed by atoms with Gasteiger partial charge in [-0.05, 0) is 63.7 Å². The van der Waals surface area contributed by atoms with Crippen LogP contribution in [0.4, 0.5) is 4.79 Å². The fourth-order valence-corrected chi connectivity index (χ4v) is 4.76. The summed E-state index contributed by atoms with van der Waals surface area (Å²) in [5.41, 5.74) is 0. The summed E-state index contributed by atoms with van der Waals surface area (Å²) in [6.07, 6.45) is 8.02. The molecule has 1 aromatic heterocycles. The molecule has 4 heterocycles. The van der Waals surface area contributed by atoms with Crippen LogP contribution in [0.25, 0.3) is 0 Å². The number of urea groups is 1. The number of nitrogens with one attached hydrogen (secondary N) is 1. The van der Waals surface area contributed by atoms with Crippen molar-refractivity contribution in [2.45, 2.75) is 44.6 Å². The molecular formula is C21H32N4O3. The Morgan fingerprint density at radius 3 is 2.46 bits per heavy atom. The topological polar surface area (TPSA) is 69.0 Å². The van der Waals surface area contributed by atoms with E-state index in [2.05, 4.69) is 10.2 Å². The molecule has 0 radical (unpaired) electrons. The first kappa shape index (κ1) is 19.3. The van der Waals surface area contributed by atoms with Gasteiger partial charge in [0.05, 0.1) is 18.2 Å². The molecule has 7 nitrogen and oxygen atoms in total. The van der Waals surface area contributed by atoms with Crippen molar-refractivity contribution in [1.29, 1.82) is 0 Å². The molecule has 4 rings (SSSR count). The molecule has 0 spiro atoms. The van der Waals surface area contributed by atoms with E-state index in [0.29, 0.717) is 13.1 Å². The van der Waals surface area contributed by atoms with Crippen molar-refractivity contribution >= 4 is 11.9 Å². The number of nitrogens with zero attached hydrogens (tertiary/aromatic N) is 3. The van der Waals surface area contributed by atoms with Gasteiger partial charge in [-0.15, -0.1) is 0 Å². The maximum absolute atomic E-state index is 12.9. The van der Waals surface area contributed by atoms with Gasteiger partial charge in [0.1, 0.15) is 5.76 Å². The van der Waals surface area contributed by atoms with Crippen molar-refractivity contribution in [3.8, 4) is 0 Å². The SMILES string of the molecule is O=C(NC[C@@H](c1ccco1)N1CCCC1)[C@H]1CCCN(C(=O)N2CCCC2)C1. The normalized spacial score (nSPS) is 24.5. The van der Waals surface area contributed by atoms with Crippen molar-refractivity contribution in [2.75, 3.05) is 45.8 Å². The minimum Gasteiger partial charge on any atom is -0.468 e. The van der Waals surface area contributed by atoms with E-state index in [4.69, 9.17) is 4.42 Å². The van der Waals surface area contributed by atoms with E-state index in [1.165, 1.54) is 12.8 Å². The minimum atomic E-state index is -0.115. The van der Waals surface area contributed by atoms with Crippen LogP contribution in [0.15, 0.2) is 22.8 Å². The van der Waals surface area contributed by atoms with Gasteiger partial charge in [-0.1, -0.05) is 0 Å². The number of hydrogen-bond acceptors (Lipinski definition) is 4. The first-order valence-electron chi connectivity index (χ1n) is 10.8. The van der Waals surface area contributed by atoms with Crippen LogP contribution in [-0.4, -0.2) is 72.5 Å². The summed E-state index contributed by atoms with van der Waals surface area (Å²) in [5, 5.41) is 3.15. The summed E-state index contributed by atoms with van der Waals surface area (Å²) in [7, 11) is 0. The Labute approximate surface area is 167 Å². The summed E-state index contributed by atoms with van der Waals surface area (Å²) < 4.78 is 5.64. The Balaban J connectivity index is 1.32. The highest BCUT2D eigenvalue weighted by Gasteiger charge is 2.32. The Bertz CT molecular complexity index is 651. The molecule has 154 valence electrons. The molecule has 7 heteroatoms. The van der Waals surface area contributed by atoms with Crippen LogP contribution in [0.1, 0.15) is 50.3 Å². The molecule has 3 aliphatic rings. The third-order valence-corrected chi connectivity index (χ3v) is 6.36. The van der Waals surface area contributed by atoms with Crippen LogP contribution in [0.3, 0.4) is 0 Å². The molecule has 28 heavy (non-hydrogen) atoms. The van der Waals surface area contributed by atoms with Crippen molar-refractivity contribution in [3.05, 3.63) is 24.2 Å². The molecule has 3 amide bonds. The lowest BCUT2D eigenvalue weighted by molar-refractivity contribution is -0.126. The zero-order valence-corrected chi connectivity index (χ0v) is 16.6. The summed E-state index contributed by atoms with van der Waals surface area (Å²) >= 11 is 0. The predicted octanol–water partition coefficient (Wildman–Crippen LogP) is 2.46. The molecule has 0 unspecified atom stereocenters. The van der Waals surface area contributed by atoms with E-state index >= 15 is 0 Å². The number of hydrogen-bond donors (Lipinski definition) is 1. The molecule has 2 atom stereocenters. The minimum absolute atomic E-state index is 0.0645. The smallest absolute Gasteiger partial charge is 0.320 e. The number of rotatable bonds is 5. The van der Waals surface area contributed by atoms with E-state index in [1.807, 2.05) is 21.9 Å². The molecule has 0 bridgehead atoms. The second kappa shape index (κ2) is 8.99. The molecule has 0 saturated carbocycles. The van der Waals surface area contributed by atoms with E-state index in [-0.39, 0.29) is 23.9 Å². The number of amides is 3. The zero-order chi connectivity index (χ0) is 19.3. The van der Waals surface area contributed by atoms with E-state index < -0.39 is 0 Å². The summed E-state index contributed by atoms with van der Waals surface area (Å²) in [6, 6.07) is 4.10. The Morgan fingerprint density at radius 1 is 1.04 bits per heavy atom. The van der Waals surface area contributed by atoms with Gasteiger partial charge in [0.2, 0.25) is 5.91 Å². The number of likely N-dealkylation sites (tertiary alicyclic amines) is 3. The van der Waals surface area contributed by atoms with Gasteiger partial charge in [0.25, 0.3) is 0 Å². The van der Waals surface area contributed by atoms with E-state index in [1.54, 1.807) is 6.26 Å². The lowest BCUT2D eigenvalue weighted by Gasteiger charge is -2.35. The average Bonchev–Trinajstić information content (AvgIpc) is 3.51. The lowest BCUT2D eigenvalue weighted by Crippen LogP contribution is -2.50. The van der Waals surface area contributed by atoms with Gasteiger partial charge in [-0.2, -0.15) is 0 Å².